The Hall–Kier alpha value is -1.09. The monoisotopic (exact) mass is 289 g/mol. The number of pyridine rings is 1. The van der Waals surface area contributed by atoms with Crippen LogP contribution in [0.5, 0.6) is 0 Å². The molecule has 1 aromatic heterocycles. The largest absolute Gasteiger partial charge is 0.352 e. The Bertz CT molecular complexity index is 417. The molecule has 1 fully saturated rings. The minimum Gasteiger partial charge on any atom is -0.352 e. The van der Waals surface area contributed by atoms with Crippen molar-refractivity contribution in [2.75, 3.05) is 18.0 Å². The molecule has 0 aliphatic carbocycles. The molecule has 2 heterocycles. The van der Waals surface area contributed by atoms with Gasteiger partial charge in [0.25, 0.3) is 0 Å². The maximum atomic E-state index is 4.76. The van der Waals surface area contributed by atoms with Gasteiger partial charge in [-0.2, -0.15) is 0 Å². The summed E-state index contributed by atoms with van der Waals surface area (Å²) in [5.74, 6) is 1.10. The van der Waals surface area contributed by atoms with Crippen molar-refractivity contribution in [3.8, 4) is 0 Å². The molecule has 1 aliphatic rings. The van der Waals surface area contributed by atoms with E-state index >= 15 is 0 Å². The molecule has 0 saturated carbocycles. The Labute approximate surface area is 130 Å². The van der Waals surface area contributed by atoms with Crippen LogP contribution in [-0.2, 0) is 0 Å². The van der Waals surface area contributed by atoms with E-state index in [1.165, 1.54) is 31.4 Å². The quantitative estimate of drug-likeness (QED) is 0.807. The number of aromatic nitrogens is 1. The van der Waals surface area contributed by atoms with Crippen LogP contribution in [0.4, 0.5) is 5.82 Å². The molecule has 0 unspecified atom stereocenters. The van der Waals surface area contributed by atoms with Crippen molar-refractivity contribution in [3.05, 3.63) is 23.9 Å². The highest BCUT2D eigenvalue weighted by Gasteiger charge is 2.23. The van der Waals surface area contributed by atoms with E-state index in [0.717, 1.165) is 12.4 Å². The minimum absolute atomic E-state index is 0.477. The summed E-state index contributed by atoms with van der Waals surface area (Å²) < 4.78 is 0. The second kappa shape index (κ2) is 7.26. The fraction of sp³-hybridized carbons (Fsp3) is 0.722. The molecule has 0 bridgehead atoms. The Morgan fingerprint density at radius 2 is 1.90 bits per heavy atom. The average molecular weight is 289 g/mol. The lowest BCUT2D eigenvalue weighted by Gasteiger charge is -2.36. The molecular formula is C18H31N3. The maximum Gasteiger partial charge on any atom is 0.128 e. The van der Waals surface area contributed by atoms with Crippen molar-refractivity contribution in [1.29, 1.82) is 0 Å². The van der Waals surface area contributed by atoms with Crippen molar-refractivity contribution in [2.24, 2.45) is 0 Å². The molecule has 21 heavy (non-hydrogen) atoms. The summed E-state index contributed by atoms with van der Waals surface area (Å²) in [6, 6.07) is 6.02. The van der Waals surface area contributed by atoms with Gasteiger partial charge in [0.05, 0.1) is 0 Å². The molecule has 0 amide bonds. The number of hydrogen-bond acceptors (Lipinski definition) is 3. The van der Waals surface area contributed by atoms with Gasteiger partial charge >= 0.3 is 0 Å². The summed E-state index contributed by atoms with van der Waals surface area (Å²) in [6.45, 7) is 13.6. The van der Waals surface area contributed by atoms with Gasteiger partial charge in [0, 0.05) is 24.3 Å². The number of nitrogens with zero attached hydrogens (tertiary/aromatic N) is 3. The highest BCUT2D eigenvalue weighted by atomic mass is 15.2. The first-order valence-electron chi connectivity index (χ1n) is 8.53. The molecule has 1 aromatic rings. The van der Waals surface area contributed by atoms with Crippen LogP contribution in [0.15, 0.2) is 18.3 Å². The second-order valence-corrected chi connectivity index (χ2v) is 6.68. The Kier molecular flexibility index (Phi) is 5.63. The molecular weight excluding hydrogens is 258 g/mol. The van der Waals surface area contributed by atoms with Gasteiger partial charge in [0.1, 0.15) is 5.82 Å². The van der Waals surface area contributed by atoms with E-state index in [0.29, 0.717) is 18.1 Å². The molecule has 0 radical (unpaired) electrons. The minimum atomic E-state index is 0.477. The predicted octanol–water partition coefficient (Wildman–Crippen LogP) is 4.25. The van der Waals surface area contributed by atoms with Gasteiger partial charge in [-0.1, -0.05) is 19.4 Å². The molecule has 1 aliphatic heterocycles. The van der Waals surface area contributed by atoms with Crippen LogP contribution in [0.1, 0.15) is 65.5 Å². The number of likely N-dealkylation sites (tertiary alicyclic amines) is 1. The smallest absolute Gasteiger partial charge is 0.128 e. The second-order valence-electron chi connectivity index (χ2n) is 6.68. The number of rotatable bonds is 5. The fourth-order valence-electron chi connectivity index (χ4n) is 3.62. The van der Waals surface area contributed by atoms with Crippen molar-refractivity contribution in [3.63, 3.8) is 0 Å². The highest BCUT2D eigenvalue weighted by molar-refractivity contribution is 5.41. The molecule has 1 saturated heterocycles. The van der Waals surface area contributed by atoms with Crippen LogP contribution in [0, 0.1) is 0 Å². The number of piperidine rings is 1. The summed E-state index contributed by atoms with van der Waals surface area (Å²) in [5, 5.41) is 0. The first-order valence-corrected chi connectivity index (χ1v) is 8.53. The van der Waals surface area contributed by atoms with Crippen LogP contribution in [0.2, 0.25) is 0 Å². The van der Waals surface area contributed by atoms with Gasteiger partial charge in [-0.05, 0) is 65.3 Å². The Morgan fingerprint density at radius 3 is 2.43 bits per heavy atom. The zero-order chi connectivity index (χ0) is 15.4. The molecule has 0 aromatic carbocycles. The van der Waals surface area contributed by atoms with E-state index < -0.39 is 0 Å². The van der Waals surface area contributed by atoms with Crippen LogP contribution in [0.3, 0.4) is 0 Å². The molecule has 3 nitrogen and oxygen atoms in total. The van der Waals surface area contributed by atoms with Gasteiger partial charge in [-0.25, -0.2) is 4.98 Å². The zero-order valence-electron chi connectivity index (χ0n) is 14.3. The van der Waals surface area contributed by atoms with Crippen LogP contribution >= 0.6 is 0 Å². The van der Waals surface area contributed by atoms with Crippen molar-refractivity contribution in [1.82, 2.24) is 9.88 Å². The van der Waals surface area contributed by atoms with Gasteiger partial charge in [0.2, 0.25) is 0 Å². The third kappa shape index (κ3) is 3.76. The summed E-state index contributed by atoms with van der Waals surface area (Å²) in [7, 11) is 0. The molecule has 1 atom stereocenters. The van der Waals surface area contributed by atoms with Gasteiger partial charge in [-0.3, -0.25) is 4.90 Å². The first-order chi connectivity index (χ1) is 10.0. The Morgan fingerprint density at radius 1 is 1.19 bits per heavy atom. The maximum absolute atomic E-state index is 4.76. The number of anilines is 1. The van der Waals surface area contributed by atoms with Crippen LogP contribution in [0.25, 0.3) is 0 Å². The Balaban J connectivity index is 2.17. The topological polar surface area (TPSA) is 19.4 Å². The molecule has 2 rings (SSSR count). The molecule has 0 N–H and O–H groups in total. The van der Waals surface area contributed by atoms with E-state index in [2.05, 4.69) is 62.7 Å². The molecule has 118 valence electrons. The normalized spacial score (nSPS) is 20.2. The van der Waals surface area contributed by atoms with E-state index in [9.17, 15) is 0 Å². The third-order valence-electron chi connectivity index (χ3n) is 4.55. The van der Waals surface area contributed by atoms with Crippen LogP contribution < -0.4 is 4.90 Å². The lowest BCUT2D eigenvalue weighted by Crippen LogP contribution is -2.37. The van der Waals surface area contributed by atoms with E-state index in [-0.39, 0.29) is 0 Å². The van der Waals surface area contributed by atoms with Gasteiger partial charge < -0.3 is 4.90 Å². The van der Waals surface area contributed by atoms with E-state index in [1.54, 1.807) is 0 Å². The molecule has 3 heteroatoms. The number of hydrogen-bond donors (Lipinski definition) is 0. The van der Waals surface area contributed by atoms with Gasteiger partial charge in [-0.15, -0.1) is 0 Å². The van der Waals surface area contributed by atoms with Crippen molar-refractivity contribution in [2.45, 2.75) is 72.0 Å². The highest BCUT2D eigenvalue weighted by Crippen LogP contribution is 2.31. The lowest BCUT2D eigenvalue weighted by atomic mass is 9.96. The van der Waals surface area contributed by atoms with Gasteiger partial charge in [0.15, 0.2) is 0 Å². The fourth-order valence-corrected chi connectivity index (χ4v) is 3.62. The van der Waals surface area contributed by atoms with Crippen molar-refractivity contribution < 1.29 is 0 Å². The summed E-state index contributed by atoms with van der Waals surface area (Å²) >= 11 is 0. The van der Waals surface area contributed by atoms with E-state index in [1.807, 2.05) is 0 Å². The summed E-state index contributed by atoms with van der Waals surface area (Å²) in [5.41, 5.74) is 1.38. The summed E-state index contributed by atoms with van der Waals surface area (Å²) in [4.78, 5) is 9.73. The van der Waals surface area contributed by atoms with E-state index in [4.69, 9.17) is 4.98 Å². The first kappa shape index (κ1) is 16.3. The molecule has 0 spiro atoms. The zero-order valence-corrected chi connectivity index (χ0v) is 14.3. The lowest BCUT2D eigenvalue weighted by molar-refractivity contribution is 0.157. The summed E-state index contributed by atoms with van der Waals surface area (Å²) in [6.07, 6.45) is 6.05. The van der Waals surface area contributed by atoms with Crippen LogP contribution in [-0.4, -0.2) is 35.1 Å². The third-order valence-corrected chi connectivity index (χ3v) is 4.55. The predicted molar refractivity (Wildman–Crippen MR) is 90.8 cm³/mol. The average Bonchev–Trinajstić information content (AvgIpc) is 2.47. The standard InChI is InChI=1S/C18H31N3/c1-6-20-12-8-7-9-17(20)16-10-11-18(19-13-16)21(14(2)3)15(4)5/h10-11,13-15,17H,6-9,12H2,1-5H3/t17-/m0/s1. The SMILES string of the molecule is CCN1CCCC[C@H]1c1ccc(N(C(C)C)C(C)C)nc1. The van der Waals surface area contributed by atoms with Crippen molar-refractivity contribution >= 4 is 5.82 Å².